The Hall–Kier alpha value is -2.89. The van der Waals surface area contributed by atoms with Crippen LogP contribution in [0.25, 0.3) is 42.7 Å². The van der Waals surface area contributed by atoms with E-state index in [1.807, 2.05) is 12.1 Å². The molecule has 0 bridgehead atoms. The van der Waals surface area contributed by atoms with Crippen molar-refractivity contribution >= 4 is 91.9 Å². The SMILES string of the molecule is N=C(Nc1ccc2c3c(cccc13)C=C2Br)Nc1ccc2c3c(cccc13)C=C2Br. The third-order valence-electron chi connectivity index (χ3n) is 5.74. The number of anilines is 2. The van der Waals surface area contributed by atoms with Gasteiger partial charge in [0.15, 0.2) is 5.96 Å². The molecule has 0 radical (unpaired) electrons. The quantitative estimate of drug-likeness (QED) is 0.187. The monoisotopic (exact) mass is 515 g/mol. The van der Waals surface area contributed by atoms with Crippen molar-refractivity contribution in [3.63, 3.8) is 0 Å². The van der Waals surface area contributed by atoms with Crippen LogP contribution in [0.4, 0.5) is 11.4 Å². The first kappa shape index (κ1) is 17.9. The summed E-state index contributed by atoms with van der Waals surface area (Å²) in [4.78, 5) is 0. The molecule has 0 aliphatic heterocycles. The van der Waals surface area contributed by atoms with Crippen molar-refractivity contribution in [2.45, 2.75) is 0 Å². The second-order valence-corrected chi connectivity index (χ2v) is 9.18. The van der Waals surface area contributed by atoms with Crippen LogP contribution in [0.2, 0.25) is 0 Å². The zero-order chi connectivity index (χ0) is 20.4. The number of halogens is 2. The van der Waals surface area contributed by atoms with Crippen molar-refractivity contribution in [3.8, 4) is 0 Å². The predicted molar refractivity (Wildman–Crippen MR) is 136 cm³/mol. The zero-order valence-electron chi connectivity index (χ0n) is 15.7. The van der Waals surface area contributed by atoms with Crippen LogP contribution in [0.1, 0.15) is 22.3 Å². The van der Waals surface area contributed by atoms with Gasteiger partial charge in [-0.15, -0.1) is 0 Å². The fourth-order valence-electron chi connectivity index (χ4n) is 4.46. The van der Waals surface area contributed by atoms with Crippen molar-refractivity contribution in [2.24, 2.45) is 0 Å². The van der Waals surface area contributed by atoms with Crippen LogP contribution in [0.5, 0.6) is 0 Å². The summed E-state index contributed by atoms with van der Waals surface area (Å²) in [5.74, 6) is 0.242. The minimum Gasteiger partial charge on any atom is -0.326 e. The average Bonchev–Trinajstić information content (AvgIpc) is 3.24. The van der Waals surface area contributed by atoms with E-state index in [1.54, 1.807) is 0 Å². The molecule has 0 atom stereocenters. The standard InChI is InChI=1S/C25H15Br2N3/c26-19-11-13-3-1-5-17-21(9-7-15(19)23(13)17)29-25(28)30-22-10-8-16-20(27)12-14-4-2-6-18(22)24(14)16/h1-12H,(H3,28,29,30). The van der Waals surface area contributed by atoms with Crippen molar-refractivity contribution in [1.82, 2.24) is 0 Å². The molecule has 0 saturated carbocycles. The molecule has 0 spiro atoms. The Balaban J connectivity index is 1.35. The van der Waals surface area contributed by atoms with E-state index in [1.165, 1.54) is 33.0 Å². The highest BCUT2D eigenvalue weighted by molar-refractivity contribution is 9.15. The van der Waals surface area contributed by atoms with Crippen molar-refractivity contribution in [2.75, 3.05) is 10.6 Å². The van der Waals surface area contributed by atoms with Gasteiger partial charge >= 0.3 is 0 Å². The maximum atomic E-state index is 8.57. The fourth-order valence-corrected chi connectivity index (χ4v) is 5.61. The summed E-state index contributed by atoms with van der Waals surface area (Å²) in [6.45, 7) is 0. The largest absolute Gasteiger partial charge is 0.326 e. The third-order valence-corrected chi connectivity index (χ3v) is 7.06. The molecular formula is C25H15Br2N3. The van der Waals surface area contributed by atoms with Gasteiger partial charge in [0, 0.05) is 31.1 Å². The first-order valence-corrected chi connectivity index (χ1v) is 11.2. The number of guanidine groups is 1. The van der Waals surface area contributed by atoms with Crippen LogP contribution in [0.3, 0.4) is 0 Å². The Kier molecular flexibility index (Phi) is 3.92. The highest BCUT2D eigenvalue weighted by Gasteiger charge is 2.19. The smallest absolute Gasteiger partial charge is 0.197 e. The van der Waals surface area contributed by atoms with E-state index in [0.29, 0.717) is 0 Å². The molecule has 3 nitrogen and oxygen atoms in total. The van der Waals surface area contributed by atoms with Gasteiger partial charge < -0.3 is 10.6 Å². The van der Waals surface area contributed by atoms with Crippen molar-refractivity contribution < 1.29 is 0 Å². The van der Waals surface area contributed by atoms with E-state index in [2.05, 4.69) is 103 Å². The highest BCUT2D eigenvalue weighted by atomic mass is 79.9. The lowest BCUT2D eigenvalue weighted by Gasteiger charge is -2.16. The maximum absolute atomic E-state index is 8.57. The molecule has 0 heterocycles. The van der Waals surface area contributed by atoms with E-state index in [4.69, 9.17) is 5.41 Å². The molecule has 6 rings (SSSR count). The Morgan fingerprint density at radius 2 is 1.10 bits per heavy atom. The molecule has 3 N–H and O–H groups in total. The second kappa shape index (κ2) is 6.56. The summed E-state index contributed by atoms with van der Waals surface area (Å²) < 4.78 is 2.20. The lowest BCUT2D eigenvalue weighted by molar-refractivity contribution is 1.44. The molecule has 144 valence electrons. The molecule has 5 heteroatoms. The van der Waals surface area contributed by atoms with Gasteiger partial charge in [-0.2, -0.15) is 0 Å². The number of rotatable bonds is 2. The van der Waals surface area contributed by atoms with Crippen LogP contribution in [0.15, 0.2) is 60.7 Å². The minimum atomic E-state index is 0.242. The van der Waals surface area contributed by atoms with Gasteiger partial charge in [-0.3, -0.25) is 5.41 Å². The van der Waals surface area contributed by atoms with Gasteiger partial charge in [0.25, 0.3) is 0 Å². The summed E-state index contributed by atoms with van der Waals surface area (Å²) >= 11 is 7.31. The Morgan fingerprint density at radius 3 is 1.57 bits per heavy atom. The molecular weight excluding hydrogens is 502 g/mol. The number of benzene rings is 4. The Morgan fingerprint density at radius 1 is 0.633 bits per heavy atom. The van der Waals surface area contributed by atoms with Gasteiger partial charge in [-0.05, 0) is 57.3 Å². The molecule has 4 aromatic rings. The van der Waals surface area contributed by atoms with Gasteiger partial charge in [-0.1, -0.05) is 80.4 Å². The molecule has 0 fully saturated rings. The summed E-state index contributed by atoms with van der Waals surface area (Å²) in [7, 11) is 0. The third kappa shape index (κ3) is 2.59. The van der Waals surface area contributed by atoms with E-state index in [9.17, 15) is 0 Å². The molecule has 4 aromatic carbocycles. The zero-order valence-corrected chi connectivity index (χ0v) is 18.9. The summed E-state index contributed by atoms with van der Waals surface area (Å²) in [5.41, 5.74) is 6.61. The first-order chi connectivity index (χ1) is 14.6. The van der Waals surface area contributed by atoms with Gasteiger partial charge in [0.2, 0.25) is 0 Å². The van der Waals surface area contributed by atoms with E-state index >= 15 is 0 Å². The lowest BCUT2D eigenvalue weighted by atomic mass is 10.0. The normalized spacial score (nSPS) is 13.5. The highest BCUT2D eigenvalue weighted by Crippen LogP contribution is 2.43. The Labute approximate surface area is 190 Å². The van der Waals surface area contributed by atoms with Crippen LogP contribution in [-0.2, 0) is 0 Å². The van der Waals surface area contributed by atoms with E-state index in [-0.39, 0.29) is 5.96 Å². The van der Waals surface area contributed by atoms with Crippen LogP contribution in [-0.4, -0.2) is 5.96 Å². The van der Waals surface area contributed by atoms with Crippen LogP contribution >= 0.6 is 31.9 Å². The van der Waals surface area contributed by atoms with Crippen molar-refractivity contribution in [3.05, 3.63) is 82.9 Å². The molecule has 2 aliphatic rings. The average molecular weight is 517 g/mol. The van der Waals surface area contributed by atoms with Gasteiger partial charge in [0.1, 0.15) is 0 Å². The fraction of sp³-hybridized carbons (Fsp3) is 0. The Bertz CT molecular complexity index is 1370. The molecule has 0 unspecified atom stereocenters. The summed E-state index contributed by atoms with van der Waals surface area (Å²) in [6.07, 6.45) is 4.29. The summed E-state index contributed by atoms with van der Waals surface area (Å²) in [6, 6.07) is 20.8. The van der Waals surface area contributed by atoms with Gasteiger partial charge in [0.05, 0.1) is 0 Å². The molecule has 0 amide bonds. The molecule has 30 heavy (non-hydrogen) atoms. The van der Waals surface area contributed by atoms with Gasteiger partial charge in [-0.25, -0.2) is 0 Å². The van der Waals surface area contributed by atoms with Crippen LogP contribution < -0.4 is 10.6 Å². The first-order valence-electron chi connectivity index (χ1n) is 9.59. The molecule has 0 saturated heterocycles. The predicted octanol–water partition coefficient (Wildman–Crippen LogP) is 7.86. The topological polar surface area (TPSA) is 47.9 Å². The maximum Gasteiger partial charge on any atom is 0.197 e. The van der Waals surface area contributed by atoms with Crippen molar-refractivity contribution in [1.29, 1.82) is 5.41 Å². The van der Waals surface area contributed by atoms with E-state index in [0.717, 1.165) is 31.1 Å². The number of nitrogens with one attached hydrogen (secondary N) is 3. The number of hydrogen-bond donors (Lipinski definition) is 3. The minimum absolute atomic E-state index is 0.242. The molecule has 2 aliphatic carbocycles. The number of hydrogen-bond acceptors (Lipinski definition) is 1. The van der Waals surface area contributed by atoms with Crippen LogP contribution in [0, 0.1) is 5.41 Å². The molecule has 0 aromatic heterocycles. The lowest BCUT2D eigenvalue weighted by Crippen LogP contribution is -2.20. The summed E-state index contributed by atoms with van der Waals surface area (Å²) in [5, 5.41) is 19.7. The van der Waals surface area contributed by atoms with E-state index < -0.39 is 0 Å². The second-order valence-electron chi connectivity index (χ2n) is 7.47.